The van der Waals surface area contributed by atoms with Gasteiger partial charge in [-0.2, -0.15) is 0 Å². The molecule has 2 aliphatic carbocycles. The van der Waals surface area contributed by atoms with E-state index in [0.717, 1.165) is 31.7 Å². The van der Waals surface area contributed by atoms with Crippen molar-refractivity contribution in [2.45, 2.75) is 57.9 Å². The summed E-state index contributed by atoms with van der Waals surface area (Å²) >= 11 is 0. The predicted octanol–water partition coefficient (Wildman–Crippen LogP) is 2.66. The molecule has 98 valence electrons. The highest BCUT2D eigenvalue weighted by Crippen LogP contribution is 2.31. The lowest BCUT2D eigenvalue weighted by Gasteiger charge is -2.29. The number of carboxylic acids is 1. The topological polar surface area (TPSA) is 49.3 Å². The fourth-order valence-electron chi connectivity index (χ4n) is 3.49. The molecule has 0 amide bonds. The number of nitrogens with one attached hydrogen (secondary N) is 1. The molecule has 2 aliphatic rings. The zero-order valence-electron chi connectivity index (χ0n) is 10.8. The van der Waals surface area contributed by atoms with Gasteiger partial charge in [0, 0.05) is 6.04 Å². The Labute approximate surface area is 104 Å². The molecule has 3 nitrogen and oxygen atoms in total. The van der Waals surface area contributed by atoms with Crippen molar-refractivity contribution in [3.8, 4) is 0 Å². The zero-order valence-corrected chi connectivity index (χ0v) is 10.8. The van der Waals surface area contributed by atoms with E-state index in [4.69, 9.17) is 0 Å². The SMILES string of the molecule is CC1CCC(NCC2CCCCC2C(=O)O)C1. The maximum Gasteiger partial charge on any atom is 0.306 e. The van der Waals surface area contributed by atoms with Crippen molar-refractivity contribution >= 4 is 5.97 Å². The molecular weight excluding hydrogens is 214 g/mol. The van der Waals surface area contributed by atoms with Crippen LogP contribution in [0.4, 0.5) is 0 Å². The van der Waals surface area contributed by atoms with Gasteiger partial charge in [-0.3, -0.25) is 4.79 Å². The largest absolute Gasteiger partial charge is 0.481 e. The van der Waals surface area contributed by atoms with E-state index in [1.165, 1.54) is 25.7 Å². The summed E-state index contributed by atoms with van der Waals surface area (Å²) in [6, 6.07) is 0.640. The molecule has 0 heterocycles. The summed E-state index contributed by atoms with van der Waals surface area (Å²) in [6.07, 6.45) is 8.13. The lowest BCUT2D eigenvalue weighted by Crippen LogP contribution is -2.38. The Hall–Kier alpha value is -0.570. The van der Waals surface area contributed by atoms with Crippen LogP contribution >= 0.6 is 0 Å². The van der Waals surface area contributed by atoms with Crippen molar-refractivity contribution in [1.82, 2.24) is 5.32 Å². The van der Waals surface area contributed by atoms with Gasteiger partial charge in [-0.15, -0.1) is 0 Å². The van der Waals surface area contributed by atoms with Crippen LogP contribution < -0.4 is 5.32 Å². The van der Waals surface area contributed by atoms with E-state index in [1.54, 1.807) is 0 Å². The van der Waals surface area contributed by atoms with E-state index in [2.05, 4.69) is 12.2 Å². The summed E-state index contributed by atoms with van der Waals surface area (Å²) in [5.74, 6) is 0.512. The standard InChI is InChI=1S/C14H25NO2/c1-10-6-7-12(8-10)15-9-11-4-2-3-5-13(11)14(16)17/h10-13,15H,2-9H2,1H3,(H,16,17). The van der Waals surface area contributed by atoms with Crippen molar-refractivity contribution in [3.63, 3.8) is 0 Å². The maximum atomic E-state index is 11.2. The average Bonchev–Trinajstić information content (AvgIpc) is 2.73. The maximum absolute atomic E-state index is 11.2. The second-order valence-electron chi connectivity index (χ2n) is 6.01. The first-order chi connectivity index (χ1) is 8.16. The predicted molar refractivity (Wildman–Crippen MR) is 67.9 cm³/mol. The lowest BCUT2D eigenvalue weighted by molar-refractivity contribution is -0.144. The van der Waals surface area contributed by atoms with Crippen molar-refractivity contribution in [3.05, 3.63) is 0 Å². The monoisotopic (exact) mass is 239 g/mol. The highest BCUT2D eigenvalue weighted by molar-refractivity contribution is 5.70. The number of carboxylic acid groups (broad SMARTS) is 1. The third-order valence-electron chi connectivity index (χ3n) is 4.59. The first kappa shape index (κ1) is 12.9. The van der Waals surface area contributed by atoms with Gasteiger partial charge in [0.1, 0.15) is 0 Å². The summed E-state index contributed by atoms with van der Waals surface area (Å²) in [5, 5.41) is 12.8. The van der Waals surface area contributed by atoms with Crippen LogP contribution in [0.5, 0.6) is 0 Å². The Bertz CT molecular complexity index is 267. The number of aliphatic carboxylic acids is 1. The highest BCUT2D eigenvalue weighted by Gasteiger charge is 2.31. The van der Waals surface area contributed by atoms with Gasteiger partial charge in [0.2, 0.25) is 0 Å². The molecule has 0 aromatic heterocycles. The second-order valence-corrected chi connectivity index (χ2v) is 6.01. The molecule has 3 heteroatoms. The summed E-state index contributed by atoms with van der Waals surface area (Å²) < 4.78 is 0. The summed E-state index contributed by atoms with van der Waals surface area (Å²) in [5.41, 5.74) is 0. The normalized spacial score (nSPS) is 38.2. The number of rotatable bonds is 4. The molecule has 0 spiro atoms. The van der Waals surface area contributed by atoms with Crippen LogP contribution in [-0.2, 0) is 4.79 Å². The molecule has 0 aromatic carbocycles. The molecular formula is C14H25NO2. The van der Waals surface area contributed by atoms with Crippen LogP contribution in [0, 0.1) is 17.8 Å². The van der Waals surface area contributed by atoms with Gasteiger partial charge >= 0.3 is 5.97 Å². The van der Waals surface area contributed by atoms with Gasteiger partial charge in [0.15, 0.2) is 0 Å². The van der Waals surface area contributed by atoms with Gasteiger partial charge in [-0.05, 0) is 50.5 Å². The number of hydrogen-bond acceptors (Lipinski definition) is 2. The first-order valence-corrected chi connectivity index (χ1v) is 7.13. The summed E-state index contributed by atoms with van der Waals surface area (Å²) in [7, 11) is 0. The summed E-state index contributed by atoms with van der Waals surface area (Å²) in [6.45, 7) is 3.22. The average molecular weight is 239 g/mol. The van der Waals surface area contributed by atoms with Gasteiger partial charge < -0.3 is 10.4 Å². The molecule has 2 saturated carbocycles. The molecule has 0 saturated heterocycles. The van der Waals surface area contributed by atoms with Crippen LogP contribution in [0.3, 0.4) is 0 Å². The Balaban J connectivity index is 1.78. The van der Waals surface area contributed by atoms with Gasteiger partial charge in [0.25, 0.3) is 0 Å². The van der Waals surface area contributed by atoms with Crippen molar-refractivity contribution < 1.29 is 9.90 Å². The van der Waals surface area contributed by atoms with E-state index < -0.39 is 5.97 Å². The molecule has 2 fully saturated rings. The Morgan fingerprint density at radius 2 is 2.00 bits per heavy atom. The molecule has 17 heavy (non-hydrogen) atoms. The van der Waals surface area contributed by atoms with Crippen molar-refractivity contribution in [1.29, 1.82) is 0 Å². The molecule has 0 aliphatic heterocycles. The first-order valence-electron chi connectivity index (χ1n) is 7.13. The van der Waals surface area contributed by atoms with E-state index in [0.29, 0.717) is 12.0 Å². The fourth-order valence-corrected chi connectivity index (χ4v) is 3.49. The molecule has 4 atom stereocenters. The summed E-state index contributed by atoms with van der Waals surface area (Å²) in [4.78, 5) is 11.2. The van der Waals surface area contributed by atoms with Crippen LogP contribution in [0.25, 0.3) is 0 Å². The number of hydrogen-bond donors (Lipinski definition) is 2. The molecule has 2 N–H and O–H groups in total. The quantitative estimate of drug-likeness (QED) is 0.793. The third-order valence-corrected chi connectivity index (χ3v) is 4.59. The zero-order chi connectivity index (χ0) is 12.3. The smallest absolute Gasteiger partial charge is 0.306 e. The van der Waals surface area contributed by atoms with E-state index in [1.807, 2.05) is 0 Å². The molecule has 2 rings (SSSR count). The van der Waals surface area contributed by atoms with Crippen LogP contribution in [0.15, 0.2) is 0 Å². The minimum absolute atomic E-state index is 0.102. The lowest BCUT2D eigenvalue weighted by atomic mass is 9.79. The molecule has 0 aromatic rings. The van der Waals surface area contributed by atoms with Gasteiger partial charge in [-0.25, -0.2) is 0 Å². The fraction of sp³-hybridized carbons (Fsp3) is 0.929. The number of carbonyl (C=O) groups is 1. The molecule has 4 unspecified atom stereocenters. The van der Waals surface area contributed by atoms with E-state index in [-0.39, 0.29) is 5.92 Å². The van der Waals surface area contributed by atoms with Crippen LogP contribution in [-0.4, -0.2) is 23.7 Å². The molecule has 0 bridgehead atoms. The van der Waals surface area contributed by atoms with Crippen LogP contribution in [0.2, 0.25) is 0 Å². The Morgan fingerprint density at radius 3 is 2.65 bits per heavy atom. The highest BCUT2D eigenvalue weighted by atomic mass is 16.4. The van der Waals surface area contributed by atoms with Crippen molar-refractivity contribution in [2.75, 3.05) is 6.54 Å². The third kappa shape index (κ3) is 3.44. The van der Waals surface area contributed by atoms with E-state index in [9.17, 15) is 9.90 Å². The second kappa shape index (κ2) is 5.85. The Kier molecular flexibility index (Phi) is 4.43. The van der Waals surface area contributed by atoms with Gasteiger partial charge in [0.05, 0.1) is 5.92 Å². The minimum atomic E-state index is -0.587. The van der Waals surface area contributed by atoms with Crippen molar-refractivity contribution in [2.24, 2.45) is 17.8 Å². The molecule has 0 radical (unpaired) electrons. The Morgan fingerprint density at radius 1 is 1.24 bits per heavy atom. The van der Waals surface area contributed by atoms with Crippen LogP contribution in [0.1, 0.15) is 51.9 Å². The van der Waals surface area contributed by atoms with E-state index >= 15 is 0 Å². The van der Waals surface area contributed by atoms with Gasteiger partial charge in [-0.1, -0.05) is 19.8 Å². The minimum Gasteiger partial charge on any atom is -0.481 e.